The Balaban J connectivity index is 2.15. The van der Waals surface area contributed by atoms with Gasteiger partial charge in [0, 0.05) is 12.4 Å². The quantitative estimate of drug-likeness (QED) is 0.639. The van der Waals surface area contributed by atoms with Gasteiger partial charge in [-0.3, -0.25) is 9.89 Å². The minimum Gasteiger partial charge on any atom is -0.394 e. The van der Waals surface area contributed by atoms with Crippen LogP contribution in [0.15, 0.2) is 24.9 Å². The molecule has 0 radical (unpaired) electrons. The number of hydrogen-bond acceptors (Lipinski definition) is 5. The van der Waals surface area contributed by atoms with Crippen LogP contribution in [0.25, 0.3) is 0 Å². The van der Waals surface area contributed by atoms with Gasteiger partial charge in [0.25, 0.3) is 5.91 Å². The van der Waals surface area contributed by atoms with Gasteiger partial charge in [-0.2, -0.15) is 5.10 Å². The Kier molecular flexibility index (Phi) is 2.28. The second kappa shape index (κ2) is 3.74. The molecule has 2 rings (SSSR count). The van der Waals surface area contributed by atoms with Gasteiger partial charge in [-0.25, -0.2) is 9.97 Å². The van der Waals surface area contributed by atoms with Crippen molar-refractivity contribution >= 4 is 17.4 Å². The van der Waals surface area contributed by atoms with E-state index in [0.29, 0.717) is 17.1 Å². The van der Waals surface area contributed by atoms with Crippen molar-refractivity contribution in [3.05, 3.63) is 30.5 Å². The lowest BCUT2D eigenvalue weighted by Gasteiger charge is -2.01. The Morgan fingerprint density at radius 3 is 2.67 bits per heavy atom. The molecule has 0 fully saturated rings. The van der Waals surface area contributed by atoms with Gasteiger partial charge in [0.1, 0.15) is 6.33 Å². The van der Waals surface area contributed by atoms with Crippen LogP contribution in [-0.4, -0.2) is 26.1 Å². The molecule has 76 valence electrons. The summed E-state index contributed by atoms with van der Waals surface area (Å²) in [5.74, 6) is 0.0235. The second-order valence-electron chi connectivity index (χ2n) is 2.78. The van der Waals surface area contributed by atoms with Crippen LogP contribution in [0.2, 0.25) is 0 Å². The number of anilines is 2. The van der Waals surface area contributed by atoms with Gasteiger partial charge < -0.3 is 11.1 Å². The lowest BCUT2D eigenvalue weighted by atomic mass is 10.3. The van der Waals surface area contributed by atoms with E-state index in [1.807, 2.05) is 0 Å². The van der Waals surface area contributed by atoms with Crippen molar-refractivity contribution in [2.45, 2.75) is 0 Å². The molecule has 15 heavy (non-hydrogen) atoms. The molecule has 7 heteroatoms. The van der Waals surface area contributed by atoms with Crippen LogP contribution >= 0.6 is 0 Å². The maximum atomic E-state index is 11.6. The normalized spacial score (nSPS) is 9.87. The molecular formula is C8H8N6O. The summed E-state index contributed by atoms with van der Waals surface area (Å²) in [4.78, 5) is 19.0. The summed E-state index contributed by atoms with van der Waals surface area (Å²) in [7, 11) is 0. The van der Waals surface area contributed by atoms with Gasteiger partial charge in [-0.1, -0.05) is 0 Å². The van der Waals surface area contributed by atoms with Crippen molar-refractivity contribution in [2.24, 2.45) is 0 Å². The summed E-state index contributed by atoms with van der Waals surface area (Å²) < 4.78 is 0. The number of aromatic amines is 1. The van der Waals surface area contributed by atoms with Gasteiger partial charge in [0.2, 0.25) is 0 Å². The molecule has 0 aromatic carbocycles. The monoisotopic (exact) mass is 204 g/mol. The van der Waals surface area contributed by atoms with Crippen molar-refractivity contribution in [3.8, 4) is 0 Å². The van der Waals surface area contributed by atoms with Gasteiger partial charge in [0.15, 0.2) is 5.82 Å². The average Bonchev–Trinajstić information content (AvgIpc) is 2.66. The molecule has 2 aromatic heterocycles. The zero-order chi connectivity index (χ0) is 10.7. The number of nitrogens with two attached hydrogens (primary N) is 1. The van der Waals surface area contributed by atoms with E-state index in [9.17, 15) is 4.79 Å². The highest BCUT2D eigenvalue weighted by molar-refractivity contribution is 6.04. The maximum Gasteiger partial charge on any atom is 0.259 e. The number of hydrogen-bond donors (Lipinski definition) is 3. The van der Waals surface area contributed by atoms with E-state index >= 15 is 0 Å². The Morgan fingerprint density at radius 1 is 1.33 bits per heavy atom. The number of nitrogen functional groups attached to an aromatic ring is 1. The number of nitrogens with one attached hydrogen (secondary N) is 2. The topological polar surface area (TPSA) is 110 Å². The van der Waals surface area contributed by atoms with Gasteiger partial charge >= 0.3 is 0 Å². The summed E-state index contributed by atoms with van der Waals surface area (Å²) >= 11 is 0. The predicted molar refractivity (Wildman–Crippen MR) is 53.0 cm³/mol. The van der Waals surface area contributed by atoms with Crippen LogP contribution in [-0.2, 0) is 0 Å². The van der Waals surface area contributed by atoms with Gasteiger partial charge in [0.05, 0.1) is 17.4 Å². The molecule has 0 spiro atoms. The van der Waals surface area contributed by atoms with Crippen molar-refractivity contribution in [2.75, 3.05) is 11.1 Å². The number of nitrogens with zero attached hydrogens (tertiary/aromatic N) is 3. The first kappa shape index (κ1) is 9.13. The van der Waals surface area contributed by atoms with Gasteiger partial charge in [-0.05, 0) is 0 Å². The molecule has 0 atom stereocenters. The van der Waals surface area contributed by atoms with Gasteiger partial charge in [-0.15, -0.1) is 0 Å². The molecule has 7 nitrogen and oxygen atoms in total. The number of carbonyl (C=O) groups is 1. The Bertz CT molecular complexity index is 465. The number of carbonyl (C=O) groups excluding carboxylic acids is 1. The zero-order valence-corrected chi connectivity index (χ0v) is 7.64. The van der Waals surface area contributed by atoms with Crippen molar-refractivity contribution in [1.82, 2.24) is 20.2 Å². The molecule has 0 aliphatic heterocycles. The Morgan fingerprint density at radius 2 is 2.07 bits per heavy atom. The zero-order valence-electron chi connectivity index (χ0n) is 7.64. The van der Waals surface area contributed by atoms with Crippen LogP contribution in [0, 0.1) is 0 Å². The summed E-state index contributed by atoms with van der Waals surface area (Å²) in [5.41, 5.74) is 6.26. The first-order chi connectivity index (χ1) is 7.27. The third-order valence-corrected chi connectivity index (χ3v) is 1.73. The third kappa shape index (κ3) is 1.90. The minimum absolute atomic E-state index is 0.341. The first-order valence-corrected chi connectivity index (χ1v) is 4.12. The maximum absolute atomic E-state index is 11.6. The lowest BCUT2D eigenvalue weighted by Crippen LogP contribution is -2.13. The SMILES string of the molecule is Nc1cn[nH]c1NC(=O)c1cncnc1. The van der Waals surface area contributed by atoms with E-state index in [4.69, 9.17) is 5.73 Å². The molecule has 2 heterocycles. The number of rotatable bonds is 2. The molecule has 0 aliphatic carbocycles. The van der Waals surface area contributed by atoms with Crippen LogP contribution in [0.4, 0.5) is 11.5 Å². The fourth-order valence-corrected chi connectivity index (χ4v) is 0.998. The first-order valence-electron chi connectivity index (χ1n) is 4.12. The summed E-state index contributed by atoms with van der Waals surface area (Å²) in [6.45, 7) is 0. The summed E-state index contributed by atoms with van der Waals surface area (Å²) in [6.07, 6.45) is 5.59. The van der Waals surface area contributed by atoms with E-state index in [0.717, 1.165) is 0 Å². The highest BCUT2D eigenvalue weighted by Gasteiger charge is 2.09. The molecule has 0 bridgehead atoms. The standard InChI is InChI=1S/C8H8N6O/c9-6-3-12-14-7(6)13-8(15)5-1-10-4-11-2-5/h1-4H,9H2,(H2,12,13,14,15). The summed E-state index contributed by atoms with van der Waals surface area (Å²) in [6, 6.07) is 0. The van der Waals surface area contributed by atoms with Crippen molar-refractivity contribution < 1.29 is 4.79 Å². The van der Waals surface area contributed by atoms with Crippen LogP contribution in [0.1, 0.15) is 10.4 Å². The van der Waals surface area contributed by atoms with E-state index < -0.39 is 0 Å². The molecule has 1 amide bonds. The lowest BCUT2D eigenvalue weighted by molar-refractivity contribution is 0.102. The third-order valence-electron chi connectivity index (χ3n) is 1.73. The molecule has 0 unspecified atom stereocenters. The molecule has 2 aromatic rings. The molecule has 0 saturated heterocycles. The highest BCUT2D eigenvalue weighted by atomic mass is 16.1. The van der Waals surface area contributed by atoms with E-state index in [2.05, 4.69) is 25.5 Å². The van der Waals surface area contributed by atoms with Crippen LogP contribution in [0.5, 0.6) is 0 Å². The Labute approximate surface area is 84.7 Å². The van der Waals surface area contributed by atoms with E-state index in [1.54, 1.807) is 0 Å². The molecule has 4 N–H and O–H groups in total. The number of aromatic nitrogens is 4. The number of amides is 1. The summed E-state index contributed by atoms with van der Waals surface area (Å²) in [5, 5.41) is 8.78. The minimum atomic E-state index is -0.341. The molecule has 0 saturated carbocycles. The highest BCUT2D eigenvalue weighted by Crippen LogP contribution is 2.13. The largest absolute Gasteiger partial charge is 0.394 e. The van der Waals surface area contributed by atoms with Crippen molar-refractivity contribution in [1.29, 1.82) is 0 Å². The number of H-pyrrole nitrogens is 1. The van der Waals surface area contributed by atoms with Crippen molar-refractivity contribution in [3.63, 3.8) is 0 Å². The second-order valence-corrected chi connectivity index (χ2v) is 2.78. The predicted octanol–water partition coefficient (Wildman–Crippen LogP) is 0.0342. The van der Waals surface area contributed by atoms with Crippen LogP contribution < -0.4 is 11.1 Å². The van der Waals surface area contributed by atoms with E-state index in [-0.39, 0.29) is 5.91 Å². The molecular weight excluding hydrogens is 196 g/mol. The van der Waals surface area contributed by atoms with E-state index in [1.165, 1.54) is 24.9 Å². The fourth-order valence-electron chi connectivity index (χ4n) is 0.998. The Hall–Kier alpha value is -2.44. The van der Waals surface area contributed by atoms with Crippen LogP contribution in [0.3, 0.4) is 0 Å². The smallest absolute Gasteiger partial charge is 0.259 e. The fraction of sp³-hybridized carbons (Fsp3) is 0. The molecule has 0 aliphatic rings. The average molecular weight is 204 g/mol.